The van der Waals surface area contributed by atoms with E-state index >= 15 is 0 Å². The highest BCUT2D eigenvalue weighted by atomic mass is 32.2. The van der Waals surface area contributed by atoms with Gasteiger partial charge in [-0.25, -0.2) is 0 Å². The van der Waals surface area contributed by atoms with Gasteiger partial charge in [-0.3, -0.25) is 9.59 Å². The first-order valence-electron chi connectivity index (χ1n) is 10.7. The highest BCUT2D eigenvalue weighted by Gasteiger charge is 2.28. The zero-order valence-electron chi connectivity index (χ0n) is 18.3. The number of carboxylic acid groups (broad SMARTS) is 1. The van der Waals surface area contributed by atoms with Crippen molar-refractivity contribution in [3.05, 3.63) is 47.5 Å². The first-order chi connectivity index (χ1) is 14.2. The van der Waals surface area contributed by atoms with Crippen LogP contribution in [0, 0.1) is 0 Å². The number of benzene rings is 1. The Morgan fingerprint density at radius 1 is 1.33 bits per heavy atom. The number of hydrogen-bond acceptors (Lipinski definition) is 4. The van der Waals surface area contributed by atoms with Crippen LogP contribution in [-0.2, 0) is 21.4 Å². The van der Waals surface area contributed by atoms with E-state index < -0.39 is 12.1 Å². The summed E-state index contributed by atoms with van der Waals surface area (Å²) < 4.78 is 0. The first-order valence-corrected chi connectivity index (χ1v) is 11.9. The third-order valence-corrected chi connectivity index (χ3v) is 6.37. The topological polar surface area (TPSA) is 77.8 Å². The summed E-state index contributed by atoms with van der Waals surface area (Å²) in [5.74, 6) is 0.987. The maximum absolute atomic E-state index is 12.2. The Labute approximate surface area is 184 Å². The van der Waals surface area contributed by atoms with Gasteiger partial charge in [0, 0.05) is 31.6 Å². The molecule has 1 aliphatic rings. The van der Waals surface area contributed by atoms with Gasteiger partial charge in [-0.15, -0.1) is 0 Å². The molecule has 2 atom stereocenters. The lowest BCUT2D eigenvalue weighted by atomic mass is 9.85. The van der Waals surface area contributed by atoms with E-state index in [1.54, 1.807) is 11.8 Å². The number of thioether (sulfide) groups is 1. The zero-order chi connectivity index (χ0) is 22.1. The van der Waals surface area contributed by atoms with E-state index in [2.05, 4.69) is 32.9 Å². The van der Waals surface area contributed by atoms with Crippen LogP contribution in [0.25, 0.3) is 0 Å². The SMILES string of the molecule is CC(C)(C)c1cccc(C[C@H](O)C=C[C@H]2CCC(=O)N2CCSCCCC(=O)O)c1. The smallest absolute Gasteiger partial charge is 0.303 e. The van der Waals surface area contributed by atoms with Crippen LogP contribution in [-0.4, -0.2) is 57.2 Å². The van der Waals surface area contributed by atoms with E-state index in [9.17, 15) is 14.7 Å². The second kappa shape index (κ2) is 11.6. The average Bonchev–Trinajstić information content (AvgIpc) is 3.02. The van der Waals surface area contributed by atoms with E-state index in [0.29, 0.717) is 25.8 Å². The van der Waals surface area contributed by atoms with Crippen molar-refractivity contribution >= 4 is 23.6 Å². The van der Waals surface area contributed by atoms with Crippen molar-refractivity contribution in [2.75, 3.05) is 18.1 Å². The van der Waals surface area contributed by atoms with Gasteiger partial charge in [-0.1, -0.05) is 57.2 Å². The molecule has 0 unspecified atom stereocenters. The molecular formula is C24H35NO4S. The number of aliphatic hydroxyl groups is 1. The molecule has 1 aromatic carbocycles. The summed E-state index contributed by atoms with van der Waals surface area (Å²) in [5.41, 5.74) is 2.44. The Hall–Kier alpha value is -1.79. The van der Waals surface area contributed by atoms with Crippen LogP contribution in [0.5, 0.6) is 0 Å². The maximum Gasteiger partial charge on any atom is 0.303 e. The van der Waals surface area contributed by atoms with Crippen molar-refractivity contribution < 1.29 is 19.8 Å². The quantitative estimate of drug-likeness (QED) is 0.407. The van der Waals surface area contributed by atoms with Gasteiger partial charge in [0.05, 0.1) is 12.1 Å². The van der Waals surface area contributed by atoms with Crippen molar-refractivity contribution in [3.63, 3.8) is 0 Å². The molecule has 1 heterocycles. The number of nitrogens with zero attached hydrogens (tertiary/aromatic N) is 1. The molecule has 0 spiro atoms. The van der Waals surface area contributed by atoms with Gasteiger partial charge in [-0.2, -0.15) is 11.8 Å². The van der Waals surface area contributed by atoms with Crippen LogP contribution in [0.2, 0.25) is 0 Å². The summed E-state index contributed by atoms with van der Waals surface area (Å²) in [6, 6.07) is 8.39. The van der Waals surface area contributed by atoms with Gasteiger partial charge in [0.1, 0.15) is 0 Å². The zero-order valence-corrected chi connectivity index (χ0v) is 19.2. The Morgan fingerprint density at radius 2 is 2.10 bits per heavy atom. The monoisotopic (exact) mass is 433 g/mol. The Balaban J connectivity index is 1.83. The lowest BCUT2D eigenvalue weighted by Gasteiger charge is -2.22. The fourth-order valence-corrected chi connectivity index (χ4v) is 4.45. The average molecular weight is 434 g/mol. The molecule has 30 heavy (non-hydrogen) atoms. The summed E-state index contributed by atoms with van der Waals surface area (Å²) in [6.07, 6.45) is 5.94. The van der Waals surface area contributed by atoms with Gasteiger partial charge in [0.25, 0.3) is 0 Å². The minimum atomic E-state index is -0.765. The van der Waals surface area contributed by atoms with Gasteiger partial charge in [0.2, 0.25) is 5.91 Å². The minimum Gasteiger partial charge on any atom is -0.481 e. The molecule has 1 fully saturated rings. The summed E-state index contributed by atoms with van der Waals surface area (Å²) in [6.45, 7) is 7.20. The van der Waals surface area contributed by atoms with E-state index in [1.165, 1.54) is 5.56 Å². The molecule has 2 N–H and O–H groups in total. The Morgan fingerprint density at radius 3 is 2.80 bits per heavy atom. The highest BCUT2D eigenvalue weighted by Crippen LogP contribution is 2.24. The number of rotatable bonds is 11. The molecule has 1 aliphatic heterocycles. The normalized spacial score (nSPS) is 18.3. The van der Waals surface area contributed by atoms with Gasteiger partial charge >= 0.3 is 5.97 Å². The molecule has 1 amide bonds. The Kier molecular flexibility index (Phi) is 9.43. The fourth-order valence-electron chi connectivity index (χ4n) is 3.57. The number of amides is 1. The van der Waals surface area contributed by atoms with Crippen LogP contribution in [0.1, 0.15) is 57.6 Å². The largest absolute Gasteiger partial charge is 0.481 e. The lowest BCUT2D eigenvalue weighted by Crippen LogP contribution is -2.34. The Bertz CT molecular complexity index is 741. The van der Waals surface area contributed by atoms with Gasteiger partial charge in [-0.05, 0) is 35.1 Å². The third-order valence-electron chi connectivity index (χ3n) is 5.32. The first kappa shape index (κ1) is 24.5. The van der Waals surface area contributed by atoms with Crippen LogP contribution >= 0.6 is 11.8 Å². The minimum absolute atomic E-state index is 0.0349. The molecule has 166 valence electrons. The number of aliphatic carboxylic acids is 1. The number of likely N-dealkylation sites (tertiary alicyclic amines) is 1. The number of carbonyl (C=O) groups excluding carboxylic acids is 1. The van der Waals surface area contributed by atoms with Crippen LogP contribution < -0.4 is 0 Å². The maximum atomic E-state index is 12.2. The van der Waals surface area contributed by atoms with E-state index in [4.69, 9.17) is 5.11 Å². The number of aliphatic hydroxyl groups excluding tert-OH is 1. The second-order valence-corrected chi connectivity index (χ2v) is 10.1. The summed E-state index contributed by atoms with van der Waals surface area (Å²) >= 11 is 1.68. The van der Waals surface area contributed by atoms with Crippen LogP contribution in [0.4, 0.5) is 0 Å². The van der Waals surface area contributed by atoms with Crippen molar-refractivity contribution in [3.8, 4) is 0 Å². The predicted octanol–water partition coefficient (Wildman–Crippen LogP) is 4.03. The van der Waals surface area contributed by atoms with Crippen molar-refractivity contribution in [2.24, 2.45) is 0 Å². The molecule has 0 radical (unpaired) electrons. The second-order valence-electron chi connectivity index (χ2n) is 8.91. The molecule has 1 saturated heterocycles. The summed E-state index contributed by atoms with van der Waals surface area (Å²) in [4.78, 5) is 24.6. The van der Waals surface area contributed by atoms with Crippen molar-refractivity contribution in [1.29, 1.82) is 0 Å². The molecule has 6 heteroatoms. The third kappa shape index (κ3) is 8.15. The standard InChI is InChI=1S/C24H35NO4S/c1-24(2,3)19-7-4-6-18(16-19)17-21(26)11-9-20-10-12-22(27)25(20)13-15-30-14-5-8-23(28)29/h4,6-7,9,11,16,20-21,26H,5,8,10,12-15,17H2,1-3H3,(H,28,29)/t20-,21+/m0/s1. The molecule has 0 saturated carbocycles. The van der Waals surface area contributed by atoms with E-state index in [1.807, 2.05) is 29.2 Å². The fraction of sp³-hybridized carbons (Fsp3) is 0.583. The number of carboxylic acids is 1. The van der Waals surface area contributed by atoms with Crippen LogP contribution in [0.3, 0.4) is 0 Å². The summed E-state index contributed by atoms with van der Waals surface area (Å²) in [5, 5.41) is 19.2. The molecule has 2 rings (SSSR count). The molecule has 5 nitrogen and oxygen atoms in total. The molecule has 0 aromatic heterocycles. The molecule has 0 bridgehead atoms. The van der Waals surface area contributed by atoms with Gasteiger partial charge in [0.15, 0.2) is 0 Å². The lowest BCUT2D eigenvalue weighted by molar-refractivity contribution is -0.137. The molecule has 1 aromatic rings. The summed E-state index contributed by atoms with van der Waals surface area (Å²) in [7, 11) is 0. The van der Waals surface area contributed by atoms with Crippen LogP contribution in [0.15, 0.2) is 36.4 Å². The van der Waals surface area contributed by atoms with Crippen molar-refractivity contribution in [2.45, 2.75) is 70.4 Å². The highest BCUT2D eigenvalue weighted by molar-refractivity contribution is 7.99. The van der Waals surface area contributed by atoms with Crippen molar-refractivity contribution in [1.82, 2.24) is 4.90 Å². The molecule has 0 aliphatic carbocycles. The predicted molar refractivity (Wildman–Crippen MR) is 123 cm³/mol. The number of carbonyl (C=O) groups is 2. The number of hydrogen-bond donors (Lipinski definition) is 2. The van der Waals surface area contributed by atoms with E-state index in [-0.39, 0.29) is 23.8 Å². The van der Waals surface area contributed by atoms with E-state index in [0.717, 1.165) is 23.5 Å². The molecular weight excluding hydrogens is 398 g/mol. The van der Waals surface area contributed by atoms with Gasteiger partial charge < -0.3 is 15.1 Å².